The molecule has 0 aliphatic heterocycles. The minimum Gasteiger partial charge on any atom is -0.463 e. The van der Waals surface area contributed by atoms with Crippen LogP contribution in [0.1, 0.15) is 58.6 Å². The second kappa shape index (κ2) is 8.67. The second-order valence-corrected chi connectivity index (χ2v) is 6.65. The predicted octanol–water partition coefficient (Wildman–Crippen LogP) is 3.76. The maximum absolute atomic E-state index is 12.6. The van der Waals surface area contributed by atoms with Gasteiger partial charge in [0.05, 0.1) is 23.6 Å². The van der Waals surface area contributed by atoms with Gasteiger partial charge < -0.3 is 9.73 Å². The van der Waals surface area contributed by atoms with Crippen molar-refractivity contribution in [1.82, 2.24) is 10.7 Å². The highest BCUT2D eigenvalue weighted by Gasteiger charge is 2.21. The van der Waals surface area contributed by atoms with Gasteiger partial charge in [0.15, 0.2) is 0 Å². The first-order valence-corrected chi connectivity index (χ1v) is 8.98. The van der Waals surface area contributed by atoms with E-state index < -0.39 is 5.91 Å². The minimum atomic E-state index is -0.510. The van der Waals surface area contributed by atoms with Crippen LogP contribution < -0.4 is 10.7 Å². The first-order chi connectivity index (χ1) is 12.6. The summed E-state index contributed by atoms with van der Waals surface area (Å²) in [7, 11) is 0. The van der Waals surface area contributed by atoms with Gasteiger partial charge in [-0.25, -0.2) is 5.43 Å². The molecule has 0 atom stereocenters. The van der Waals surface area contributed by atoms with Crippen LogP contribution in [0.25, 0.3) is 0 Å². The van der Waals surface area contributed by atoms with E-state index in [0.29, 0.717) is 10.8 Å². The average Bonchev–Trinajstić information content (AvgIpc) is 3.15. The fourth-order valence-corrected chi connectivity index (χ4v) is 3.16. The van der Waals surface area contributed by atoms with Crippen LogP contribution in [-0.4, -0.2) is 24.1 Å². The number of carbonyl (C=O) groups is 2. The van der Waals surface area contributed by atoms with Crippen molar-refractivity contribution in [3.63, 3.8) is 0 Å². The Balaban J connectivity index is 1.72. The number of halogens is 1. The Hall–Kier alpha value is -2.60. The molecule has 1 aromatic heterocycles. The predicted molar refractivity (Wildman–Crippen MR) is 99.6 cm³/mol. The van der Waals surface area contributed by atoms with Crippen molar-refractivity contribution in [1.29, 1.82) is 0 Å². The van der Waals surface area contributed by atoms with Gasteiger partial charge in [0.25, 0.3) is 11.8 Å². The highest BCUT2D eigenvalue weighted by Crippen LogP contribution is 2.20. The lowest BCUT2D eigenvalue weighted by Gasteiger charge is -2.23. The van der Waals surface area contributed by atoms with Gasteiger partial charge >= 0.3 is 0 Å². The van der Waals surface area contributed by atoms with E-state index in [1.54, 1.807) is 24.3 Å². The third-order valence-corrected chi connectivity index (χ3v) is 4.55. The van der Waals surface area contributed by atoms with Crippen molar-refractivity contribution in [2.45, 2.75) is 38.1 Å². The largest absolute Gasteiger partial charge is 0.463 e. The molecule has 1 aliphatic rings. The molecular weight excluding hydrogens is 354 g/mol. The zero-order valence-corrected chi connectivity index (χ0v) is 15.0. The molecule has 6 nitrogen and oxygen atoms in total. The molecular formula is C19H20ClN3O3. The lowest BCUT2D eigenvalue weighted by molar-refractivity contribution is 0.0904. The molecule has 3 rings (SSSR count). The number of hydrazone groups is 1. The summed E-state index contributed by atoms with van der Waals surface area (Å²) in [6, 6.07) is 8.20. The zero-order chi connectivity index (χ0) is 18.4. The van der Waals surface area contributed by atoms with E-state index in [-0.39, 0.29) is 23.1 Å². The standard InChI is InChI=1S/C19H20ClN3O3/c20-13-8-9-16(18(24)22-14-5-2-1-3-6-14)17(11-13)19(25)23-21-12-15-7-4-10-26-15/h4,7-12,14H,1-3,5-6H2,(H,22,24)(H,23,25)/b21-12+. The van der Waals surface area contributed by atoms with Crippen molar-refractivity contribution in [3.05, 3.63) is 58.5 Å². The summed E-state index contributed by atoms with van der Waals surface area (Å²) in [5.41, 5.74) is 2.86. The number of benzene rings is 1. The molecule has 0 bridgehead atoms. The topological polar surface area (TPSA) is 83.7 Å². The van der Waals surface area contributed by atoms with E-state index in [4.69, 9.17) is 16.0 Å². The Morgan fingerprint density at radius 2 is 1.92 bits per heavy atom. The quantitative estimate of drug-likeness (QED) is 0.618. The van der Waals surface area contributed by atoms with Crippen LogP contribution in [0.3, 0.4) is 0 Å². The van der Waals surface area contributed by atoms with Crippen LogP contribution in [0.2, 0.25) is 5.02 Å². The van der Waals surface area contributed by atoms with E-state index in [1.807, 2.05) is 0 Å². The molecule has 1 heterocycles. The van der Waals surface area contributed by atoms with E-state index in [9.17, 15) is 9.59 Å². The zero-order valence-electron chi connectivity index (χ0n) is 14.2. The molecule has 2 amide bonds. The summed E-state index contributed by atoms with van der Waals surface area (Å²) in [6.45, 7) is 0. The van der Waals surface area contributed by atoms with Crippen LogP contribution >= 0.6 is 11.6 Å². The van der Waals surface area contributed by atoms with E-state index in [2.05, 4.69) is 15.8 Å². The maximum atomic E-state index is 12.6. The van der Waals surface area contributed by atoms with Gasteiger partial charge in [-0.05, 0) is 43.2 Å². The minimum absolute atomic E-state index is 0.153. The van der Waals surface area contributed by atoms with Crippen molar-refractivity contribution in [3.8, 4) is 0 Å². The molecule has 0 saturated heterocycles. The Morgan fingerprint density at radius 3 is 2.65 bits per heavy atom. The second-order valence-electron chi connectivity index (χ2n) is 6.21. The molecule has 7 heteroatoms. The number of nitrogens with zero attached hydrogens (tertiary/aromatic N) is 1. The third kappa shape index (κ3) is 4.73. The first-order valence-electron chi connectivity index (χ1n) is 8.61. The van der Waals surface area contributed by atoms with Crippen molar-refractivity contribution < 1.29 is 14.0 Å². The maximum Gasteiger partial charge on any atom is 0.272 e. The lowest BCUT2D eigenvalue weighted by Crippen LogP contribution is -2.37. The summed E-state index contributed by atoms with van der Waals surface area (Å²) >= 11 is 6.01. The normalized spacial score (nSPS) is 15.1. The number of rotatable bonds is 5. The lowest BCUT2D eigenvalue weighted by atomic mass is 9.95. The van der Waals surface area contributed by atoms with Crippen LogP contribution in [0.4, 0.5) is 0 Å². The highest BCUT2D eigenvalue weighted by atomic mass is 35.5. The summed E-state index contributed by atoms with van der Waals surface area (Å²) in [5, 5.41) is 7.23. The van der Waals surface area contributed by atoms with E-state index in [1.165, 1.54) is 25.0 Å². The molecule has 136 valence electrons. The Morgan fingerprint density at radius 1 is 1.12 bits per heavy atom. The van der Waals surface area contributed by atoms with E-state index >= 15 is 0 Å². The number of hydrogen-bond acceptors (Lipinski definition) is 4. The Labute approximate surface area is 156 Å². The van der Waals surface area contributed by atoms with Gasteiger partial charge in [0, 0.05) is 11.1 Å². The van der Waals surface area contributed by atoms with Gasteiger partial charge in [0.1, 0.15) is 5.76 Å². The molecule has 1 aromatic carbocycles. The Kier molecular flexibility index (Phi) is 6.07. The molecule has 1 aliphatic carbocycles. The SMILES string of the molecule is O=C(N/N=C/c1ccco1)c1cc(Cl)ccc1C(=O)NC1CCCCC1. The Bertz CT molecular complexity index is 796. The van der Waals surface area contributed by atoms with Gasteiger partial charge in [-0.1, -0.05) is 30.9 Å². The number of hydrogen-bond donors (Lipinski definition) is 2. The van der Waals surface area contributed by atoms with Crippen LogP contribution in [0.15, 0.2) is 46.1 Å². The van der Waals surface area contributed by atoms with Crippen LogP contribution in [-0.2, 0) is 0 Å². The van der Waals surface area contributed by atoms with Gasteiger partial charge in [0.2, 0.25) is 0 Å². The van der Waals surface area contributed by atoms with Crippen molar-refractivity contribution >= 4 is 29.6 Å². The molecule has 2 N–H and O–H groups in total. The molecule has 26 heavy (non-hydrogen) atoms. The fraction of sp³-hybridized carbons (Fsp3) is 0.316. The summed E-state index contributed by atoms with van der Waals surface area (Å²) in [5.74, 6) is -0.274. The fourth-order valence-electron chi connectivity index (χ4n) is 2.99. The third-order valence-electron chi connectivity index (χ3n) is 4.31. The van der Waals surface area contributed by atoms with Crippen molar-refractivity contribution in [2.75, 3.05) is 0 Å². The first kappa shape index (κ1) is 18.2. The summed E-state index contributed by atoms with van der Waals surface area (Å²) < 4.78 is 5.10. The number of nitrogens with one attached hydrogen (secondary N) is 2. The van der Waals surface area contributed by atoms with E-state index in [0.717, 1.165) is 25.7 Å². The van der Waals surface area contributed by atoms with Gasteiger partial charge in [-0.3, -0.25) is 9.59 Å². The molecule has 1 saturated carbocycles. The summed E-state index contributed by atoms with van der Waals surface area (Å²) in [6.07, 6.45) is 8.25. The average molecular weight is 374 g/mol. The molecule has 0 unspecified atom stereocenters. The van der Waals surface area contributed by atoms with Gasteiger partial charge in [-0.2, -0.15) is 5.10 Å². The molecule has 0 radical (unpaired) electrons. The monoisotopic (exact) mass is 373 g/mol. The highest BCUT2D eigenvalue weighted by molar-refractivity contribution is 6.31. The van der Waals surface area contributed by atoms with Crippen LogP contribution in [0, 0.1) is 0 Å². The molecule has 2 aromatic rings. The molecule has 0 spiro atoms. The van der Waals surface area contributed by atoms with Gasteiger partial charge in [-0.15, -0.1) is 0 Å². The van der Waals surface area contributed by atoms with Crippen LogP contribution in [0.5, 0.6) is 0 Å². The number of carbonyl (C=O) groups excluding carboxylic acids is 2. The summed E-state index contributed by atoms with van der Waals surface area (Å²) in [4.78, 5) is 25.1. The number of amides is 2. The smallest absolute Gasteiger partial charge is 0.272 e. The van der Waals surface area contributed by atoms with Crippen molar-refractivity contribution in [2.24, 2.45) is 5.10 Å². The number of furan rings is 1. The molecule has 1 fully saturated rings.